The van der Waals surface area contributed by atoms with Crippen molar-refractivity contribution in [3.05, 3.63) is 98.8 Å². The Morgan fingerprint density at radius 1 is 1.10 bits per heavy atom. The number of benzene rings is 2. The van der Waals surface area contributed by atoms with Crippen molar-refractivity contribution in [2.24, 2.45) is 0 Å². The van der Waals surface area contributed by atoms with Crippen LogP contribution in [0.3, 0.4) is 0 Å². The van der Waals surface area contributed by atoms with Crippen LogP contribution in [0.15, 0.2) is 54.7 Å². The fourth-order valence-electron chi connectivity index (χ4n) is 3.63. The second-order valence-corrected chi connectivity index (χ2v) is 7.87. The largest absolute Gasteiger partial charge is 0.348 e. The average molecular weight is 444 g/mol. The first kappa shape index (κ1) is 20.3. The molecule has 1 aliphatic rings. The number of carbonyl (C=O) groups is 1. The number of nitrogens with one attached hydrogen (secondary N) is 1. The zero-order valence-electron chi connectivity index (χ0n) is 15.3. The maximum absolute atomic E-state index is 14.8. The molecule has 2 aromatic carbocycles. The minimum absolute atomic E-state index is 0.0629. The molecule has 1 aliphatic carbocycles. The normalized spacial score (nSPS) is 19.8. The van der Waals surface area contributed by atoms with Gasteiger partial charge in [-0.25, -0.2) is 8.78 Å². The van der Waals surface area contributed by atoms with Gasteiger partial charge in [-0.2, -0.15) is 5.26 Å². The number of aromatic nitrogens is 1. The summed E-state index contributed by atoms with van der Waals surface area (Å²) in [5.74, 6) is -1.90. The van der Waals surface area contributed by atoms with E-state index >= 15 is 0 Å². The Labute approximate surface area is 181 Å². The molecule has 1 N–H and O–H groups in total. The lowest BCUT2D eigenvalue weighted by atomic mass is 9.90. The van der Waals surface area contributed by atoms with Crippen LogP contribution >= 0.6 is 23.2 Å². The summed E-state index contributed by atoms with van der Waals surface area (Å²) in [6.45, 7) is 0. The van der Waals surface area contributed by atoms with Gasteiger partial charge in [0, 0.05) is 22.8 Å². The van der Waals surface area contributed by atoms with Crippen LogP contribution in [-0.2, 0) is 5.41 Å². The smallest absolute Gasteiger partial charge is 0.251 e. The molecule has 2 unspecified atom stereocenters. The van der Waals surface area contributed by atoms with Gasteiger partial charge in [-0.05, 0) is 48.4 Å². The van der Waals surface area contributed by atoms with E-state index in [1.165, 1.54) is 24.4 Å². The predicted octanol–water partition coefficient (Wildman–Crippen LogP) is 5.03. The third-order valence-corrected chi connectivity index (χ3v) is 5.67. The number of pyridine rings is 1. The van der Waals surface area contributed by atoms with Gasteiger partial charge in [-0.3, -0.25) is 9.78 Å². The lowest BCUT2D eigenvalue weighted by Gasteiger charge is -2.19. The van der Waals surface area contributed by atoms with Crippen LogP contribution in [0.4, 0.5) is 8.78 Å². The molecule has 4 nitrogen and oxygen atoms in total. The molecule has 30 heavy (non-hydrogen) atoms. The van der Waals surface area contributed by atoms with E-state index in [0.717, 1.165) is 11.6 Å². The third kappa shape index (κ3) is 3.51. The zero-order valence-corrected chi connectivity index (χ0v) is 16.8. The first-order valence-corrected chi connectivity index (χ1v) is 9.69. The molecule has 3 aromatic rings. The van der Waals surface area contributed by atoms with Crippen LogP contribution in [0.5, 0.6) is 0 Å². The second-order valence-electron chi connectivity index (χ2n) is 7.00. The molecule has 150 valence electrons. The van der Waals surface area contributed by atoms with E-state index in [2.05, 4.69) is 10.3 Å². The lowest BCUT2D eigenvalue weighted by molar-refractivity contribution is 0.0948. The first-order chi connectivity index (χ1) is 14.3. The summed E-state index contributed by atoms with van der Waals surface area (Å²) in [5, 5.41) is 12.3. The fraction of sp³-hybridized carbons (Fsp3) is 0.136. The molecule has 0 bridgehead atoms. The molecule has 0 saturated heterocycles. The highest BCUT2D eigenvalue weighted by Gasteiger charge is 2.59. The van der Waals surface area contributed by atoms with Gasteiger partial charge in [-0.15, -0.1) is 0 Å². The van der Waals surface area contributed by atoms with Crippen molar-refractivity contribution in [1.82, 2.24) is 10.3 Å². The van der Waals surface area contributed by atoms with Gasteiger partial charge in [0.05, 0.1) is 21.7 Å². The number of nitrogens with zero attached hydrogens (tertiary/aromatic N) is 2. The molecule has 1 heterocycles. The Morgan fingerprint density at radius 3 is 2.47 bits per heavy atom. The number of nitriles is 1. The van der Waals surface area contributed by atoms with Crippen molar-refractivity contribution in [3.8, 4) is 6.07 Å². The Balaban J connectivity index is 1.68. The van der Waals surface area contributed by atoms with E-state index in [-0.39, 0.29) is 21.8 Å². The number of amides is 1. The van der Waals surface area contributed by atoms with E-state index in [1.807, 2.05) is 0 Å². The molecule has 2 atom stereocenters. The van der Waals surface area contributed by atoms with Gasteiger partial charge in [0.1, 0.15) is 17.7 Å². The first-order valence-electron chi connectivity index (χ1n) is 8.93. The summed E-state index contributed by atoms with van der Waals surface area (Å²) < 4.78 is 28.6. The Bertz CT molecular complexity index is 1190. The standard InChI is InChI=1S/C22H13Cl2F2N3O/c23-15-5-3-14(4-6-15)22(20-18(26)8-16(24)11-28-20)9-19(22)29-21(30)12-1-2-13(10-27)17(25)7-12/h1-8,11,19H,9H2,(H,29,30). The Kier molecular flexibility index (Phi) is 5.19. The second kappa shape index (κ2) is 7.67. The van der Waals surface area contributed by atoms with E-state index in [9.17, 15) is 13.6 Å². The quantitative estimate of drug-likeness (QED) is 0.614. The van der Waals surface area contributed by atoms with Gasteiger partial charge in [0.15, 0.2) is 0 Å². The lowest BCUT2D eigenvalue weighted by Crippen LogP contribution is -2.32. The van der Waals surface area contributed by atoms with Crippen molar-refractivity contribution in [2.45, 2.75) is 17.9 Å². The molecule has 0 aliphatic heterocycles. The molecule has 1 fully saturated rings. The summed E-state index contributed by atoms with van der Waals surface area (Å²) in [6, 6.07) is 12.9. The number of hydrogen-bond donors (Lipinski definition) is 1. The van der Waals surface area contributed by atoms with Crippen LogP contribution in [0.25, 0.3) is 0 Å². The maximum atomic E-state index is 14.8. The molecule has 1 amide bonds. The molecule has 1 aromatic heterocycles. The number of hydrogen-bond acceptors (Lipinski definition) is 3. The Morgan fingerprint density at radius 2 is 1.83 bits per heavy atom. The predicted molar refractivity (Wildman–Crippen MR) is 108 cm³/mol. The molecular formula is C22H13Cl2F2N3O. The summed E-state index contributed by atoms with van der Waals surface area (Å²) in [6.07, 6.45) is 1.75. The average Bonchev–Trinajstić information content (AvgIpc) is 3.42. The van der Waals surface area contributed by atoms with Crippen molar-refractivity contribution in [2.75, 3.05) is 0 Å². The van der Waals surface area contributed by atoms with E-state index < -0.39 is 29.0 Å². The van der Waals surface area contributed by atoms with Crippen LogP contribution in [0, 0.1) is 23.0 Å². The van der Waals surface area contributed by atoms with Crippen molar-refractivity contribution in [1.29, 1.82) is 5.26 Å². The maximum Gasteiger partial charge on any atom is 0.251 e. The van der Waals surface area contributed by atoms with E-state index in [4.69, 9.17) is 28.5 Å². The monoisotopic (exact) mass is 443 g/mol. The van der Waals surface area contributed by atoms with Crippen molar-refractivity contribution < 1.29 is 13.6 Å². The summed E-state index contributed by atoms with van der Waals surface area (Å²) >= 11 is 11.8. The van der Waals surface area contributed by atoms with Crippen LogP contribution in [-0.4, -0.2) is 16.9 Å². The highest BCUT2D eigenvalue weighted by Crippen LogP contribution is 2.54. The van der Waals surface area contributed by atoms with E-state index in [0.29, 0.717) is 11.4 Å². The molecule has 0 spiro atoms. The molecular weight excluding hydrogens is 431 g/mol. The Hall–Kier alpha value is -3.01. The highest BCUT2D eigenvalue weighted by atomic mass is 35.5. The fourth-order valence-corrected chi connectivity index (χ4v) is 3.90. The third-order valence-electron chi connectivity index (χ3n) is 5.21. The molecule has 4 rings (SSSR count). The van der Waals surface area contributed by atoms with Gasteiger partial charge in [0.2, 0.25) is 0 Å². The van der Waals surface area contributed by atoms with Gasteiger partial charge in [-0.1, -0.05) is 35.3 Å². The van der Waals surface area contributed by atoms with Crippen molar-refractivity contribution in [3.63, 3.8) is 0 Å². The molecule has 0 radical (unpaired) electrons. The van der Waals surface area contributed by atoms with Gasteiger partial charge >= 0.3 is 0 Å². The molecule has 8 heteroatoms. The van der Waals surface area contributed by atoms with Crippen LogP contribution in [0.2, 0.25) is 10.0 Å². The summed E-state index contributed by atoms with van der Waals surface area (Å²) in [4.78, 5) is 16.9. The highest BCUT2D eigenvalue weighted by molar-refractivity contribution is 6.30. The number of carbonyl (C=O) groups excluding carboxylic acids is 1. The number of rotatable bonds is 4. The minimum Gasteiger partial charge on any atom is -0.348 e. The van der Waals surface area contributed by atoms with Crippen LogP contribution < -0.4 is 5.32 Å². The minimum atomic E-state index is -0.903. The number of halogens is 4. The van der Waals surface area contributed by atoms with E-state index in [1.54, 1.807) is 30.3 Å². The molecule has 1 saturated carbocycles. The topological polar surface area (TPSA) is 65.8 Å². The SMILES string of the molecule is N#Cc1ccc(C(=O)NC2CC2(c2ccc(Cl)cc2)c2ncc(Cl)cc2F)cc1F. The van der Waals surface area contributed by atoms with Crippen LogP contribution in [0.1, 0.15) is 33.6 Å². The summed E-state index contributed by atoms with van der Waals surface area (Å²) in [5.41, 5.74) is -0.101. The summed E-state index contributed by atoms with van der Waals surface area (Å²) in [7, 11) is 0. The van der Waals surface area contributed by atoms with Gasteiger partial charge < -0.3 is 5.32 Å². The van der Waals surface area contributed by atoms with Crippen molar-refractivity contribution >= 4 is 29.1 Å². The van der Waals surface area contributed by atoms with Gasteiger partial charge in [0.25, 0.3) is 5.91 Å². The zero-order chi connectivity index (χ0) is 21.5.